The van der Waals surface area contributed by atoms with E-state index in [2.05, 4.69) is 20.5 Å². The summed E-state index contributed by atoms with van der Waals surface area (Å²) < 4.78 is 2.04. The van der Waals surface area contributed by atoms with E-state index < -0.39 is 0 Å². The normalized spacial score (nSPS) is 28.7. The average Bonchev–Trinajstić information content (AvgIpc) is 3.13. The minimum atomic E-state index is 0.137. The second-order valence-corrected chi connectivity index (χ2v) is 7.80. The molecule has 4 rings (SSSR count). The number of imidazole rings is 1. The number of amides is 1. The molecule has 132 valence electrons. The molecule has 2 unspecified atom stereocenters. The molecular weight excluding hydrogens is 302 g/mol. The van der Waals surface area contributed by atoms with Gasteiger partial charge in [-0.2, -0.15) is 0 Å². The van der Waals surface area contributed by atoms with Crippen molar-refractivity contribution in [2.75, 3.05) is 26.2 Å². The predicted molar refractivity (Wildman–Crippen MR) is 92.3 cm³/mol. The number of hydrogen-bond acceptors (Lipinski definition) is 4. The number of carbonyl (C=O) groups excluding carboxylic acids is 1. The van der Waals surface area contributed by atoms with Gasteiger partial charge in [0.25, 0.3) is 0 Å². The molecule has 2 aliphatic heterocycles. The molecule has 3 fully saturated rings. The molecule has 3 heterocycles. The second kappa shape index (κ2) is 6.48. The summed E-state index contributed by atoms with van der Waals surface area (Å²) in [6.07, 6.45) is 9.48. The molecule has 0 bridgehead atoms. The number of nitrogens with zero attached hydrogens (tertiary/aromatic N) is 3. The number of aryl methyl sites for hydroxylation is 1. The van der Waals surface area contributed by atoms with Gasteiger partial charge >= 0.3 is 0 Å². The van der Waals surface area contributed by atoms with E-state index in [1.54, 1.807) is 0 Å². The van der Waals surface area contributed by atoms with E-state index in [1.807, 2.05) is 24.0 Å². The van der Waals surface area contributed by atoms with Gasteiger partial charge in [-0.15, -0.1) is 0 Å². The van der Waals surface area contributed by atoms with Gasteiger partial charge in [0.05, 0.1) is 12.5 Å². The maximum atomic E-state index is 13.3. The zero-order valence-corrected chi connectivity index (χ0v) is 14.6. The highest BCUT2D eigenvalue weighted by atomic mass is 16.2. The fourth-order valence-corrected chi connectivity index (χ4v) is 4.57. The number of piperidine rings is 2. The SMILES string of the molecule is Cn1ccnc1CN(C(=O)C1CCCNC1)C1CC12CCNCC2. The van der Waals surface area contributed by atoms with Crippen molar-refractivity contribution in [1.29, 1.82) is 0 Å². The Bertz CT molecular complexity index is 586. The Morgan fingerprint density at radius 2 is 2.21 bits per heavy atom. The number of hydrogen-bond donors (Lipinski definition) is 2. The molecule has 0 aromatic carbocycles. The van der Waals surface area contributed by atoms with Crippen LogP contribution in [0.3, 0.4) is 0 Å². The van der Waals surface area contributed by atoms with Crippen LogP contribution in [0.5, 0.6) is 0 Å². The quantitative estimate of drug-likeness (QED) is 0.860. The summed E-state index contributed by atoms with van der Waals surface area (Å²) in [5, 5.41) is 6.85. The van der Waals surface area contributed by atoms with Gasteiger partial charge in [0.2, 0.25) is 5.91 Å². The van der Waals surface area contributed by atoms with Crippen LogP contribution >= 0.6 is 0 Å². The first kappa shape index (κ1) is 16.1. The molecule has 2 N–H and O–H groups in total. The maximum absolute atomic E-state index is 13.3. The lowest BCUT2D eigenvalue weighted by molar-refractivity contribution is -0.138. The molecule has 3 aliphatic rings. The van der Waals surface area contributed by atoms with Crippen molar-refractivity contribution in [3.8, 4) is 0 Å². The Morgan fingerprint density at radius 1 is 1.38 bits per heavy atom. The number of aromatic nitrogens is 2. The second-order valence-electron chi connectivity index (χ2n) is 7.80. The molecule has 6 nitrogen and oxygen atoms in total. The maximum Gasteiger partial charge on any atom is 0.227 e. The van der Waals surface area contributed by atoms with E-state index in [4.69, 9.17) is 0 Å². The third-order valence-corrected chi connectivity index (χ3v) is 6.28. The first-order valence-electron chi connectivity index (χ1n) is 9.38. The third kappa shape index (κ3) is 2.97. The largest absolute Gasteiger partial charge is 0.337 e. The average molecular weight is 331 g/mol. The van der Waals surface area contributed by atoms with Gasteiger partial charge in [-0.1, -0.05) is 0 Å². The Kier molecular flexibility index (Phi) is 4.35. The van der Waals surface area contributed by atoms with Gasteiger partial charge in [-0.25, -0.2) is 4.98 Å². The summed E-state index contributed by atoms with van der Waals surface area (Å²) in [5.41, 5.74) is 0.369. The van der Waals surface area contributed by atoms with Gasteiger partial charge in [0.15, 0.2) is 0 Å². The highest BCUT2D eigenvalue weighted by Crippen LogP contribution is 2.56. The van der Waals surface area contributed by atoms with Gasteiger partial charge in [0, 0.05) is 32.0 Å². The van der Waals surface area contributed by atoms with Crippen LogP contribution in [0.25, 0.3) is 0 Å². The Morgan fingerprint density at radius 3 is 2.88 bits per heavy atom. The van der Waals surface area contributed by atoms with E-state index >= 15 is 0 Å². The van der Waals surface area contributed by atoms with E-state index in [0.717, 1.165) is 44.8 Å². The molecule has 1 amide bonds. The molecule has 1 aromatic heterocycles. The fourth-order valence-electron chi connectivity index (χ4n) is 4.57. The molecule has 2 atom stereocenters. The molecule has 2 saturated heterocycles. The molecule has 1 spiro atoms. The van der Waals surface area contributed by atoms with Crippen molar-refractivity contribution in [1.82, 2.24) is 25.1 Å². The zero-order valence-electron chi connectivity index (χ0n) is 14.6. The standard InChI is InChI=1S/C18H29N5O/c1-22-10-9-21-16(22)13-23(17(24)14-3-2-6-20-12-14)15-11-18(15)4-7-19-8-5-18/h9-10,14-15,19-20H,2-8,11-13H2,1H3. The highest BCUT2D eigenvalue weighted by Gasteiger charge is 2.58. The van der Waals surface area contributed by atoms with Crippen LogP contribution in [0.2, 0.25) is 0 Å². The zero-order chi connectivity index (χ0) is 16.6. The lowest BCUT2D eigenvalue weighted by atomic mass is 9.92. The van der Waals surface area contributed by atoms with E-state index in [1.165, 1.54) is 19.3 Å². The summed E-state index contributed by atoms with van der Waals surface area (Å²) in [6, 6.07) is 0.408. The van der Waals surface area contributed by atoms with Crippen molar-refractivity contribution < 1.29 is 4.79 Å². The number of nitrogens with one attached hydrogen (secondary N) is 2. The Labute approximate surface area is 144 Å². The molecule has 1 aromatic rings. The van der Waals surface area contributed by atoms with E-state index in [9.17, 15) is 4.79 Å². The predicted octanol–water partition coefficient (Wildman–Crippen LogP) is 0.890. The Hall–Kier alpha value is -1.40. The van der Waals surface area contributed by atoms with Crippen LogP contribution in [-0.2, 0) is 18.4 Å². The number of rotatable bonds is 4. The summed E-state index contributed by atoms with van der Waals surface area (Å²) in [7, 11) is 2.01. The molecule has 24 heavy (non-hydrogen) atoms. The van der Waals surface area contributed by atoms with Gasteiger partial charge < -0.3 is 20.1 Å². The number of carbonyl (C=O) groups is 1. The van der Waals surface area contributed by atoms with Crippen LogP contribution in [-0.4, -0.2) is 52.6 Å². The topological polar surface area (TPSA) is 62.2 Å². The van der Waals surface area contributed by atoms with Crippen molar-refractivity contribution in [2.45, 2.75) is 44.7 Å². The van der Waals surface area contributed by atoms with Gasteiger partial charge in [-0.3, -0.25) is 4.79 Å². The minimum Gasteiger partial charge on any atom is -0.337 e. The first-order valence-corrected chi connectivity index (χ1v) is 9.38. The minimum absolute atomic E-state index is 0.137. The van der Waals surface area contributed by atoms with Crippen LogP contribution in [0, 0.1) is 11.3 Å². The summed E-state index contributed by atoms with van der Waals surface area (Å²) >= 11 is 0. The Balaban J connectivity index is 1.53. The van der Waals surface area contributed by atoms with Crippen LogP contribution in [0.15, 0.2) is 12.4 Å². The molecule has 1 saturated carbocycles. The van der Waals surface area contributed by atoms with Gasteiger partial charge in [0.1, 0.15) is 5.82 Å². The third-order valence-electron chi connectivity index (χ3n) is 6.28. The molecular formula is C18H29N5O. The van der Waals surface area contributed by atoms with Crippen LogP contribution < -0.4 is 10.6 Å². The van der Waals surface area contributed by atoms with Crippen molar-refractivity contribution in [3.05, 3.63) is 18.2 Å². The summed E-state index contributed by atoms with van der Waals surface area (Å²) in [6.45, 7) is 4.70. The van der Waals surface area contributed by atoms with E-state index in [0.29, 0.717) is 23.9 Å². The molecule has 6 heteroatoms. The van der Waals surface area contributed by atoms with Crippen molar-refractivity contribution in [3.63, 3.8) is 0 Å². The summed E-state index contributed by atoms with van der Waals surface area (Å²) in [4.78, 5) is 19.9. The fraction of sp³-hybridized carbons (Fsp3) is 0.778. The molecule has 1 aliphatic carbocycles. The first-order chi connectivity index (χ1) is 11.7. The molecule has 0 radical (unpaired) electrons. The monoisotopic (exact) mass is 331 g/mol. The summed E-state index contributed by atoms with van der Waals surface area (Å²) in [5.74, 6) is 1.46. The van der Waals surface area contributed by atoms with E-state index in [-0.39, 0.29) is 5.92 Å². The van der Waals surface area contributed by atoms with Crippen molar-refractivity contribution >= 4 is 5.91 Å². The lowest BCUT2D eigenvalue weighted by Crippen LogP contribution is -2.46. The lowest BCUT2D eigenvalue weighted by Gasteiger charge is -2.33. The highest BCUT2D eigenvalue weighted by molar-refractivity contribution is 5.80. The van der Waals surface area contributed by atoms with Gasteiger partial charge in [-0.05, 0) is 57.2 Å². The van der Waals surface area contributed by atoms with Crippen LogP contribution in [0.1, 0.15) is 37.9 Å². The van der Waals surface area contributed by atoms with Crippen molar-refractivity contribution in [2.24, 2.45) is 18.4 Å². The smallest absolute Gasteiger partial charge is 0.227 e. The van der Waals surface area contributed by atoms with Crippen LogP contribution in [0.4, 0.5) is 0 Å².